The Labute approximate surface area is 184 Å². The first-order valence-electron chi connectivity index (χ1n) is 9.65. The van der Waals surface area contributed by atoms with Crippen LogP contribution < -0.4 is 16.4 Å². The molecule has 5 rings (SSSR count). The van der Waals surface area contributed by atoms with E-state index in [0.29, 0.717) is 26.9 Å². The Bertz CT molecular complexity index is 1520. The molecule has 0 spiro atoms. The van der Waals surface area contributed by atoms with Crippen molar-refractivity contribution < 1.29 is 9.59 Å². The predicted octanol–water partition coefficient (Wildman–Crippen LogP) is 3.27. The van der Waals surface area contributed by atoms with Gasteiger partial charge < -0.3 is 0 Å². The van der Waals surface area contributed by atoms with Gasteiger partial charge in [0.15, 0.2) is 5.69 Å². The summed E-state index contributed by atoms with van der Waals surface area (Å²) in [6.07, 6.45) is 0. The summed E-state index contributed by atoms with van der Waals surface area (Å²) >= 11 is 1.48. The highest BCUT2D eigenvalue weighted by atomic mass is 32.1. The number of carbonyl (C=O) groups excluding carboxylic acids is 2. The number of hydrazine groups is 1. The van der Waals surface area contributed by atoms with E-state index < -0.39 is 17.4 Å². The molecule has 2 amide bonds. The highest BCUT2D eigenvalue weighted by Gasteiger charge is 2.18. The summed E-state index contributed by atoms with van der Waals surface area (Å²) in [4.78, 5) is 42.1. The van der Waals surface area contributed by atoms with Crippen LogP contribution >= 0.6 is 11.3 Å². The van der Waals surface area contributed by atoms with Crippen molar-refractivity contribution in [2.45, 2.75) is 0 Å². The first-order valence-corrected chi connectivity index (χ1v) is 10.5. The summed E-state index contributed by atoms with van der Waals surface area (Å²) < 4.78 is 1.02. The molecular formula is C23H15N5O3S. The van der Waals surface area contributed by atoms with Gasteiger partial charge in [-0.1, -0.05) is 48.5 Å². The summed E-state index contributed by atoms with van der Waals surface area (Å²) in [5, 5.41) is 7.56. The second-order valence-corrected chi connectivity index (χ2v) is 7.92. The molecule has 0 aliphatic carbocycles. The van der Waals surface area contributed by atoms with Gasteiger partial charge in [-0.15, -0.1) is 11.3 Å². The number of hydrogen-bond donors (Lipinski definition) is 3. The second-order valence-electron chi connectivity index (χ2n) is 6.89. The molecule has 0 aliphatic rings. The highest BCUT2D eigenvalue weighted by molar-refractivity contribution is 7.21. The van der Waals surface area contributed by atoms with Crippen LogP contribution in [-0.2, 0) is 0 Å². The molecule has 156 valence electrons. The number of fused-ring (bicyclic) bond motifs is 2. The molecule has 32 heavy (non-hydrogen) atoms. The van der Waals surface area contributed by atoms with E-state index in [4.69, 9.17) is 0 Å². The maximum absolute atomic E-state index is 12.9. The van der Waals surface area contributed by atoms with Gasteiger partial charge >= 0.3 is 0 Å². The maximum atomic E-state index is 12.9. The average Bonchev–Trinajstić information content (AvgIpc) is 3.27. The lowest BCUT2D eigenvalue weighted by Gasteiger charge is -2.10. The first-order chi connectivity index (χ1) is 15.6. The summed E-state index contributed by atoms with van der Waals surface area (Å²) in [7, 11) is 0. The SMILES string of the molecule is O=C(NNC(=O)c1n[nH]c(=O)c2ccccc12)c1ccccc1-c1nc2ccccc2s1. The van der Waals surface area contributed by atoms with Crippen molar-refractivity contribution in [1.29, 1.82) is 0 Å². The summed E-state index contributed by atoms with van der Waals surface area (Å²) in [5.74, 6) is -1.15. The molecule has 0 radical (unpaired) electrons. The lowest BCUT2D eigenvalue weighted by Crippen LogP contribution is -2.42. The van der Waals surface area contributed by atoms with E-state index in [0.717, 1.165) is 10.2 Å². The number of hydrogen-bond acceptors (Lipinski definition) is 6. The molecule has 3 aromatic carbocycles. The van der Waals surface area contributed by atoms with E-state index in [1.807, 2.05) is 36.4 Å². The molecule has 0 fully saturated rings. The first kappa shape index (κ1) is 19.6. The summed E-state index contributed by atoms with van der Waals surface area (Å²) in [6, 6.07) is 21.4. The number of rotatable bonds is 3. The smallest absolute Gasteiger partial charge is 0.267 e. The van der Waals surface area contributed by atoms with Gasteiger partial charge in [-0.2, -0.15) is 5.10 Å². The Morgan fingerprint density at radius 2 is 1.50 bits per heavy atom. The van der Waals surface area contributed by atoms with Crippen LogP contribution in [0.1, 0.15) is 20.8 Å². The van der Waals surface area contributed by atoms with E-state index in [9.17, 15) is 14.4 Å². The molecule has 0 unspecified atom stereocenters. The van der Waals surface area contributed by atoms with E-state index in [1.54, 1.807) is 36.4 Å². The molecule has 3 N–H and O–H groups in total. The van der Waals surface area contributed by atoms with E-state index in [2.05, 4.69) is 26.0 Å². The lowest BCUT2D eigenvalue weighted by molar-refractivity contribution is 0.0844. The number of nitrogens with zero attached hydrogens (tertiary/aromatic N) is 2. The van der Waals surface area contributed by atoms with E-state index in [-0.39, 0.29) is 5.69 Å². The van der Waals surface area contributed by atoms with Crippen molar-refractivity contribution in [2.24, 2.45) is 0 Å². The number of thiazole rings is 1. The fourth-order valence-corrected chi connectivity index (χ4v) is 4.39. The minimum atomic E-state index is -0.650. The quantitative estimate of drug-likeness (QED) is 0.372. The van der Waals surface area contributed by atoms with Gasteiger partial charge in [-0.05, 0) is 24.3 Å². The Hall–Kier alpha value is -4.37. The van der Waals surface area contributed by atoms with Crippen molar-refractivity contribution in [2.75, 3.05) is 0 Å². The number of amides is 2. The Kier molecular flexibility index (Phi) is 4.92. The van der Waals surface area contributed by atoms with Gasteiger partial charge in [0.25, 0.3) is 17.4 Å². The van der Waals surface area contributed by atoms with Crippen LogP contribution in [0.3, 0.4) is 0 Å². The van der Waals surface area contributed by atoms with Crippen molar-refractivity contribution in [1.82, 2.24) is 26.0 Å². The third-order valence-electron chi connectivity index (χ3n) is 4.90. The maximum Gasteiger partial charge on any atom is 0.290 e. The molecule has 9 heteroatoms. The minimum Gasteiger partial charge on any atom is -0.267 e. The molecular weight excluding hydrogens is 426 g/mol. The van der Waals surface area contributed by atoms with Gasteiger partial charge in [0.1, 0.15) is 5.01 Å². The van der Waals surface area contributed by atoms with Crippen molar-refractivity contribution >= 4 is 44.1 Å². The van der Waals surface area contributed by atoms with E-state index in [1.165, 1.54) is 11.3 Å². The van der Waals surface area contributed by atoms with Gasteiger partial charge in [0.2, 0.25) is 0 Å². The summed E-state index contributed by atoms with van der Waals surface area (Å²) in [6.45, 7) is 0. The van der Waals surface area contributed by atoms with Crippen molar-refractivity contribution in [3.63, 3.8) is 0 Å². The fraction of sp³-hybridized carbons (Fsp3) is 0. The van der Waals surface area contributed by atoms with Gasteiger partial charge in [-0.3, -0.25) is 25.2 Å². The Balaban J connectivity index is 1.40. The standard InChI is InChI=1S/C23H15N5O3S/c29-20-14-8-2-1-7-13(14)19(25-26-20)22(31)28-27-21(30)15-9-3-4-10-16(15)23-24-17-11-5-6-12-18(17)32-23/h1-12H,(H,26,29)(H,27,30)(H,28,31). The molecule has 0 saturated heterocycles. The molecule has 0 aliphatic heterocycles. The number of aromatic nitrogens is 3. The number of benzene rings is 3. The second kappa shape index (κ2) is 8.05. The van der Waals surface area contributed by atoms with Crippen LogP contribution in [-0.4, -0.2) is 27.0 Å². The number of carbonyl (C=O) groups is 2. The molecule has 0 bridgehead atoms. The third kappa shape index (κ3) is 3.50. The molecule has 2 aromatic heterocycles. The fourth-order valence-electron chi connectivity index (χ4n) is 3.38. The van der Waals surface area contributed by atoms with Crippen LogP contribution in [0.2, 0.25) is 0 Å². The topological polar surface area (TPSA) is 117 Å². The number of para-hydroxylation sites is 1. The van der Waals surface area contributed by atoms with Crippen LogP contribution in [0, 0.1) is 0 Å². The van der Waals surface area contributed by atoms with Crippen molar-refractivity contribution in [3.05, 3.63) is 94.4 Å². The lowest BCUT2D eigenvalue weighted by atomic mass is 10.1. The minimum absolute atomic E-state index is 0.0000387. The average molecular weight is 441 g/mol. The molecule has 8 nitrogen and oxygen atoms in total. The van der Waals surface area contributed by atoms with Crippen LogP contribution in [0.5, 0.6) is 0 Å². The summed E-state index contributed by atoms with van der Waals surface area (Å²) in [5.41, 5.74) is 6.28. The number of aromatic amines is 1. The van der Waals surface area contributed by atoms with Gasteiger partial charge in [0, 0.05) is 10.9 Å². The third-order valence-corrected chi connectivity index (χ3v) is 5.97. The normalized spacial score (nSPS) is 10.9. The molecule has 2 heterocycles. The largest absolute Gasteiger partial charge is 0.290 e. The monoisotopic (exact) mass is 441 g/mol. The van der Waals surface area contributed by atoms with Crippen LogP contribution in [0.4, 0.5) is 0 Å². The predicted molar refractivity (Wildman–Crippen MR) is 122 cm³/mol. The number of nitrogens with one attached hydrogen (secondary N) is 3. The molecule has 5 aromatic rings. The Morgan fingerprint density at radius 1 is 0.812 bits per heavy atom. The Morgan fingerprint density at radius 3 is 2.34 bits per heavy atom. The van der Waals surface area contributed by atoms with Gasteiger partial charge in [-0.25, -0.2) is 10.1 Å². The highest BCUT2D eigenvalue weighted by Crippen LogP contribution is 2.32. The van der Waals surface area contributed by atoms with Crippen LogP contribution in [0.25, 0.3) is 31.6 Å². The number of H-pyrrole nitrogens is 1. The molecule has 0 atom stereocenters. The van der Waals surface area contributed by atoms with Crippen molar-refractivity contribution in [3.8, 4) is 10.6 Å². The van der Waals surface area contributed by atoms with E-state index >= 15 is 0 Å². The zero-order chi connectivity index (χ0) is 22.1. The molecule has 0 saturated carbocycles. The van der Waals surface area contributed by atoms with Gasteiger partial charge in [0.05, 0.1) is 21.2 Å². The zero-order valence-electron chi connectivity index (χ0n) is 16.5. The zero-order valence-corrected chi connectivity index (χ0v) is 17.3. The van der Waals surface area contributed by atoms with Crippen LogP contribution in [0.15, 0.2) is 77.6 Å².